The van der Waals surface area contributed by atoms with E-state index in [0.717, 1.165) is 27.6 Å². The Kier molecular flexibility index (Phi) is 5.16. The van der Waals surface area contributed by atoms with Crippen LogP contribution in [0.1, 0.15) is 0 Å². The molecule has 0 spiro atoms. The van der Waals surface area contributed by atoms with Gasteiger partial charge in [-0.05, 0) is 67.2 Å². The predicted octanol–water partition coefficient (Wildman–Crippen LogP) is 8.99. The SMILES string of the molecule is Clc1nc(-c2ccc3ccc4ccccc4c3c2)nc(-c2ccccc2-c2ccc3ccccc3c2)n1. The van der Waals surface area contributed by atoms with Gasteiger partial charge >= 0.3 is 0 Å². The highest BCUT2D eigenvalue weighted by Crippen LogP contribution is 2.34. The van der Waals surface area contributed by atoms with Crippen LogP contribution in [0.15, 0.2) is 121 Å². The zero-order chi connectivity index (χ0) is 24.8. The van der Waals surface area contributed by atoms with E-state index in [-0.39, 0.29) is 5.28 Å². The van der Waals surface area contributed by atoms with Gasteiger partial charge in [0, 0.05) is 11.1 Å². The summed E-state index contributed by atoms with van der Waals surface area (Å²) in [7, 11) is 0. The van der Waals surface area contributed by atoms with Crippen molar-refractivity contribution in [3.63, 3.8) is 0 Å². The molecule has 6 aromatic carbocycles. The number of aromatic nitrogens is 3. The van der Waals surface area contributed by atoms with Crippen LogP contribution < -0.4 is 0 Å². The Hall–Kier alpha value is -4.60. The minimum Gasteiger partial charge on any atom is -0.208 e. The van der Waals surface area contributed by atoms with Gasteiger partial charge in [0.1, 0.15) is 0 Å². The lowest BCUT2D eigenvalue weighted by Gasteiger charge is -2.11. The van der Waals surface area contributed by atoms with Crippen molar-refractivity contribution in [2.75, 3.05) is 0 Å². The summed E-state index contributed by atoms with van der Waals surface area (Å²) in [6, 6.07) is 42.0. The van der Waals surface area contributed by atoms with E-state index < -0.39 is 0 Å². The molecule has 0 saturated heterocycles. The van der Waals surface area contributed by atoms with Gasteiger partial charge in [0.05, 0.1) is 0 Å². The van der Waals surface area contributed by atoms with Crippen LogP contribution in [0.4, 0.5) is 0 Å². The van der Waals surface area contributed by atoms with Crippen LogP contribution >= 0.6 is 11.6 Å². The maximum atomic E-state index is 6.48. The average Bonchev–Trinajstić information content (AvgIpc) is 2.96. The first-order valence-electron chi connectivity index (χ1n) is 12.1. The lowest BCUT2D eigenvalue weighted by Crippen LogP contribution is -1.98. The van der Waals surface area contributed by atoms with Crippen molar-refractivity contribution in [1.29, 1.82) is 0 Å². The van der Waals surface area contributed by atoms with E-state index >= 15 is 0 Å². The lowest BCUT2D eigenvalue weighted by molar-refractivity contribution is 1.07. The van der Waals surface area contributed by atoms with Crippen LogP contribution in [-0.4, -0.2) is 15.0 Å². The Balaban J connectivity index is 1.38. The number of halogens is 1. The molecule has 1 heterocycles. The maximum Gasteiger partial charge on any atom is 0.226 e. The normalized spacial score (nSPS) is 11.4. The van der Waals surface area contributed by atoms with E-state index in [4.69, 9.17) is 16.6 Å². The molecule has 7 aromatic rings. The first-order chi connectivity index (χ1) is 18.2. The van der Waals surface area contributed by atoms with Gasteiger partial charge < -0.3 is 0 Å². The van der Waals surface area contributed by atoms with Crippen LogP contribution in [-0.2, 0) is 0 Å². The van der Waals surface area contributed by atoms with Gasteiger partial charge in [0.2, 0.25) is 5.28 Å². The van der Waals surface area contributed by atoms with Crippen molar-refractivity contribution < 1.29 is 0 Å². The third-order valence-corrected chi connectivity index (χ3v) is 7.01. The smallest absolute Gasteiger partial charge is 0.208 e. The zero-order valence-corrected chi connectivity index (χ0v) is 20.5. The summed E-state index contributed by atoms with van der Waals surface area (Å²) >= 11 is 6.48. The van der Waals surface area contributed by atoms with E-state index in [9.17, 15) is 0 Å². The highest BCUT2D eigenvalue weighted by atomic mass is 35.5. The molecule has 0 aliphatic heterocycles. The van der Waals surface area contributed by atoms with E-state index in [1.165, 1.54) is 26.9 Å². The first kappa shape index (κ1) is 21.7. The van der Waals surface area contributed by atoms with Gasteiger partial charge in [-0.25, -0.2) is 4.98 Å². The molecule has 0 unspecified atom stereocenters. The van der Waals surface area contributed by atoms with Gasteiger partial charge in [0.25, 0.3) is 0 Å². The number of rotatable bonds is 3. The second-order valence-corrected chi connectivity index (χ2v) is 9.42. The van der Waals surface area contributed by atoms with E-state index in [2.05, 4.69) is 107 Å². The van der Waals surface area contributed by atoms with Crippen molar-refractivity contribution >= 4 is 43.9 Å². The summed E-state index contributed by atoms with van der Waals surface area (Å²) in [5, 5.41) is 7.29. The predicted molar refractivity (Wildman–Crippen MR) is 154 cm³/mol. The molecule has 0 aliphatic rings. The van der Waals surface area contributed by atoms with Gasteiger partial charge in [-0.1, -0.05) is 109 Å². The Morgan fingerprint density at radius 1 is 0.405 bits per heavy atom. The summed E-state index contributed by atoms with van der Waals surface area (Å²) in [6.45, 7) is 0. The van der Waals surface area contributed by atoms with Gasteiger partial charge in [0.15, 0.2) is 11.6 Å². The zero-order valence-electron chi connectivity index (χ0n) is 19.8. The summed E-state index contributed by atoms with van der Waals surface area (Å²) in [5.74, 6) is 1.11. The van der Waals surface area contributed by atoms with Crippen LogP contribution in [0.2, 0.25) is 5.28 Å². The molecule has 7 rings (SSSR count). The van der Waals surface area contributed by atoms with Crippen molar-refractivity contribution in [2.24, 2.45) is 0 Å². The third-order valence-electron chi connectivity index (χ3n) is 6.84. The second kappa shape index (κ2) is 8.81. The summed E-state index contributed by atoms with van der Waals surface area (Å²) in [4.78, 5) is 13.9. The fourth-order valence-corrected chi connectivity index (χ4v) is 5.19. The van der Waals surface area contributed by atoms with E-state index in [1.54, 1.807) is 0 Å². The first-order valence-corrected chi connectivity index (χ1v) is 12.5. The molecule has 0 radical (unpaired) electrons. The number of hydrogen-bond donors (Lipinski definition) is 0. The van der Waals surface area contributed by atoms with Crippen molar-refractivity contribution in [1.82, 2.24) is 15.0 Å². The van der Waals surface area contributed by atoms with Gasteiger partial charge in [-0.2, -0.15) is 9.97 Å². The molecule has 0 aliphatic carbocycles. The summed E-state index contributed by atoms with van der Waals surface area (Å²) < 4.78 is 0. The number of benzene rings is 6. The third kappa shape index (κ3) is 3.90. The van der Waals surface area contributed by atoms with Crippen molar-refractivity contribution in [3.05, 3.63) is 127 Å². The molecular weight excluding hydrogens is 474 g/mol. The molecular formula is C33H20ClN3. The molecule has 0 atom stereocenters. The highest BCUT2D eigenvalue weighted by Gasteiger charge is 2.15. The highest BCUT2D eigenvalue weighted by molar-refractivity contribution is 6.28. The van der Waals surface area contributed by atoms with Crippen LogP contribution in [0.5, 0.6) is 0 Å². The molecule has 0 fully saturated rings. The molecule has 37 heavy (non-hydrogen) atoms. The fourth-order valence-electron chi connectivity index (χ4n) is 5.03. The Labute approximate surface area is 219 Å². The van der Waals surface area contributed by atoms with E-state index in [1.807, 2.05) is 24.3 Å². The van der Waals surface area contributed by atoms with Crippen molar-refractivity contribution in [2.45, 2.75) is 0 Å². The Morgan fingerprint density at radius 2 is 1.00 bits per heavy atom. The van der Waals surface area contributed by atoms with Crippen LogP contribution in [0.3, 0.4) is 0 Å². The van der Waals surface area contributed by atoms with Crippen molar-refractivity contribution in [3.8, 4) is 33.9 Å². The topological polar surface area (TPSA) is 38.7 Å². The Bertz CT molecular complexity index is 1960. The summed E-state index contributed by atoms with van der Waals surface area (Å²) in [6.07, 6.45) is 0. The summed E-state index contributed by atoms with van der Waals surface area (Å²) in [5.41, 5.74) is 3.96. The average molecular weight is 494 g/mol. The number of nitrogens with zero attached hydrogens (tertiary/aromatic N) is 3. The number of fused-ring (bicyclic) bond motifs is 4. The lowest BCUT2D eigenvalue weighted by atomic mass is 9.96. The van der Waals surface area contributed by atoms with Crippen LogP contribution in [0.25, 0.3) is 66.2 Å². The number of hydrogen-bond acceptors (Lipinski definition) is 3. The largest absolute Gasteiger partial charge is 0.226 e. The van der Waals surface area contributed by atoms with Gasteiger partial charge in [-0.3, -0.25) is 0 Å². The van der Waals surface area contributed by atoms with Gasteiger partial charge in [-0.15, -0.1) is 0 Å². The molecule has 0 amide bonds. The molecule has 0 saturated carbocycles. The Morgan fingerprint density at radius 3 is 1.86 bits per heavy atom. The second-order valence-electron chi connectivity index (χ2n) is 9.08. The molecule has 0 bridgehead atoms. The quantitative estimate of drug-likeness (QED) is 0.230. The maximum absolute atomic E-state index is 6.48. The fraction of sp³-hybridized carbons (Fsp3) is 0. The molecule has 0 N–H and O–H groups in total. The minimum absolute atomic E-state index is 0.173. The van der Waals surface area contributed by atoms with Crippen LogP contribution in [0, 0.1) is 0 Å². The molecule has 174 valence electrons. The standard InChI is InChI=1S/C33H20ClN3/c34-33-36-31(26-18-16-23-15-14-22-8-3-4-10-27(22)30(23)20-26)35-32(37-33)29-12-6-5-11-28(29)25-17-13-21-7-1-2-9-24(21)19-25/h1-20H. The minimum atomic E-state index is 0.173. The molecule has 4 heteroatoms. The molecule has 1 aromatic heterocycles. The molecule has 3 nitrogen and oxygen atoms in total. The van der Waals surface area contributed by atoms with E-state index in [0.29, 0.717) is 11.6 Å². The monoisotopic (exact) mass is 493 g/mol.